The van der Waals surface area contributed by atoms with Crippen LogP contribution in [-0.2, 0) is 0 Å². The molecule has 0 unspecified atom stereocenters. The van der Waals surface area contributed by atoms with Crippen LogP contribution in [0.5, 0.6) is 0 Å². The Bertz CT molecular complexity index is 809. The fourth-order valence-corrected chi connectivity index (χ4v) is 24.1. The van der Waals surface area contributed by atoms with Gasteiger partial charge in [0.05, 0.1) is 0 Å². The molecule has 0 fully saturated rings. The van der Waals surface area contributed by atoms with E-state index in [4.69, 9.17) is 0 Å². The summed E-state index contributed by atoms with van der Waals surface area (Å²) in [4.78, 5) is 0. The van der Waals surface area contributed by atoms with E-state index in [-0.39, 0.29) is 0 Å². The van der Waals surface area contributed by atoms with Crippen molar-refractivity contribution < 1.29 is 0 Å². The van der Waals surface area contributed by atoms with E-state index in [2.05, 4.69) is 107 Å². The molecule has 3 aromatic rings. The molecule has 146 valence electrons. The van der Waals surface area contributed by atoms with Gasteiger partial charge in [0, 0.05) is 0 Å². The van der Waals surface area contributed by atoms with Crippen LogP contribution < -0.4 is 26.1 Å². The van der Waals surface area contributed by atoms with Crippen LogP contribution in [-0.4, -0.2) is 58.6 Å². The molecule has 3 rings (SSSR count). The van der Waals surface area contributed by atoms with Crippen molar-refractivity contribution in [2.24, 2.45) is 0 Å². The average Bonchev–Trinajstić information content (AvgIpc) is 2.69. The Hall–Kier alpha value is -0.106. The summed E-state index contributed by atoms with van der Waals surface area (Å²) in [5.74, 6) is 0. The van der Waals surface area contributed by atoms with E-state index >= 15 is 0 Å². The Morgan fingerprint density at radius 3 is 0.786 bits per heavy atom. The summed E-state index contributed by atoms with van der Waals surface area (Å²) in [6, 6.07) is 28.3. The predicted molar refractivity (Wildman–Crippen MR) is 135 cm³/mol. The topological polar surface area (TPSA) is 0 Å². The Morgan fingerprint density at radius 2 is 0.571 bits per heavy atom. The molecule has 0 heterocycles. The number of hydrogen-bond donors (Lipinski definition) is 0. The molecule has 0 atom stereocenters. The molecule has 0 aliphatic rings. The van der Waals surface area contributed by atoms with Gasteiger partial charge in [-0.3, -0.25) is 0 Å². The average molecular weight is 618 g/mol. The molecule has 0 aliphatic carbocycles. The normalized spacial score (nSPS) is 11.8. The van der Waals surface area contributed by atoms with Crippen molar-refractivity contribution >= 4 is 84.7 Å². The molecule has 3 aromatic carbocycles. The summed E-state index contributed by atoms with van der Waals surface area (Å²) in [5, 5.41) is 0. The first-order valence-electron chi connectivity index (χ1n) is 9.51. The number of benzene rings is 3. The Kier molecular flexibility index (Phi) is 8.28. The third kappa shape index (κ3) is 4.96. The molecule has 28 heavy (non-hydrogen) atoms. The first-order valence-corrected chi connectivity index (χ1v) is 26.4. The molecule has 0 aliphatic heterocycles. The zero-order valence-electron chi connectivity index (χ0n) is 17.7. The Labute approximate surface area is 190 Å². The Balaban J connectivity index is 2.35. The van der Waals surface area contributed by atoms with Gasteiger partial charge in [-0.05, 0) is 0 Å². The molecular formula is C24H30As4. The first-order chi connectivity index (χ1) is 13.4. The summed E-state index contributed by atoms with van der Waals surface area (Å²) in [6.45, 7) is 0. The predicted octanol–water partition coefficient (Wildman–Crippen LogP) is 2.09. The fraction of sp³-hybridized carbons (Fsp3) is 0.250. The SMILES string of the molecule is C[As](C)c1ccccc1[As](c1ccccc1[As](C)C)c1ccccc1[As](C)C. The zero-order chi connectivity index (χ0) is 20.3. The van der Waals surface area contributed by atoms with Gasteiger partial charge >= 0.3 is 192 Å². The number of rotatable bonds is 6. The minimum absolute atomic E-state index is 0.964. The van der Waals surface area contributed by atoms with Gasteiger partial charge in [0.15, 0.2) is 0 Å². The maximum absolute atomic E-state index is 2.49. The second kappa shape index (κ2) is 10.3. The molecular weight excluding hydrogens is 588 g/mol. The van der Waals surface area contributed by atoms with Crippen LogP contribution in [0, 0.1) is 0 Å². The van der Waals surface area contributed by atoms with Crippen molar-refractivity contribution in [1.82, 2.24) is 0 Å². The summed E-state index contributed by atoms with van der Waals surface area (Å²) < 4.78 is 10.2. The summed E-state index contributed by atoms with van der Waals surface area (Å²) in [6.07, 6.45) is 0. The molecule has 0 spiro atoms. The van der Waals surface area contributed by atoms with Crippen LogP contribution in [0.2, 0.25) is 34.3 Å². The van der Waals surface area contributed by atoms with Gasteiger partial charge in [0.1, 0.15) is 0 Å². The molecule has 0 nitrogen and oxygen atoms in total. The summed E-state index contributed by atoms with van der Waals surface area (Å²) in [5.41, 5.74) is 14.9. The number of hydrogen-bond acceptors (Lipinski definition) is 0. The van der Waals surface area contributed by atoms with Gasteiger partial charge in [-0.25, -0.2) is 0 Å². The molecule has 0 amide bonds. The molecule has 0 saturated heterocycles. The van der Waals surface area contributed by atoms with E-state index in [1.54, 1.807) is 26.1 Å². The van der Waals surface area contributed by atoms with E-state index in [9.17, 15) is 0 Å². The van der Waals surface area contributed by atoms with Crippen molar-refractivity contribution in [3.05, 3.63) is 72.8 Å². The second-order valence-corrected chi connectivity index (χ2v) is 26.2. The standard InChI is InChI=1S/C24H30As4/c1-25(2)19-13-7-10-16-22(19)28(23-17-11-8-14-20(23)26(3)4)24-18-12-9-15-21(24)27(5)6/h7-18H,1-6H3. The fourth-order valence-electron chi connectivity index (χ4n) is 3.48. The first kappa shape index (κ1) is 22.6. The van der Waals surface area contributed by atoms with E-state index in [0.717, 1.165) is 0 Å². The molecule has 0 N–H and O–H groups in total. The van der Waals surface area contributed by atoms with Crippen LogP contribution >= 0.6 is 0 Å². The molecule has 0 saturated carbocycles. The van der Waals surface area contributed by atoms with Crippen LogP contribution in [0.15, 0.2) is 72.8 Å². The molecule has 0 radical (unpaired) electrons. The van der Waals surface area contributed by atoms with Gasteiger partial charge in [-0.15, -0.1) is 0 Å². The zero-order valence-corrected chi connectivity index (χ0v) is 25.2. The monoisotopic (exact) mass is 618 g/mol. The van der Waals surface area contributed by atoms with E-state index in [0.29, 0.717) is 0 Å². The van der Waals surface area contributed by atoms with Crippen molar-refractivity contribution in [2.75, 3.05) is 0 Å². The summed E-state index contributed by atoms with van der Waals surface area (Å²) >= 11 is -4.47. The quantitative estimate of drug-likeness (QED) is 0.372. The minimum atomic E-state index is -1.58. The second-order valence-electron chi connectivity index (χ2n) is 7.48. The third-order valence-corrected chi connectivity index (χ3v) is 21.3. The van der Waals surface area contributed by atoms with Crippen molar-refractivity contribution in [1.29, 1.82) is 0 Å². The Morgan fingerprint density at radius 1 is 0.357 bits per heavy atom. The van der Waals surface area contributed by atoms with Gasteiger partial charge < -0.3 is 0 Å². The van der Waals surface area contributed by atoms with Crippen LogP contribution in [0.4, 0.5) is 0 Å². The van der Waals surface area contributed by atoms with Gasteiger partial charge in [0.2, 0.25) is 0 Å². The molecule has 0 bridgehead atoms. The van der Waals surface area contributed by atoms with E-state index < -0.39 is 58.6 Å². The summed E-state index contributed by atoms with van der Waals surface area (Å²) in [7, 11) is 0. The molecule has 4 heteroatoms. The van der Waals surface area contributed by atoms with Gasteiger partial charge in [-0.1, -0.05) is 0 Å². The third-order valence-electron chi connectivity index (χ3n) is 4.81. The van der Waals surface area contributed by atoms with E-state index in [1.807, 2.05) is 0 Å². The van der Waals surface area contributed by atoms with Crippen LogP contribution in [0.1, 0.15) is 0 Å². The van der Waals surface area contributed by atoms with Crippen LogP contribution in [0.3, 0.4) is 0 Å². The maximum atomic E-state index is 2.49. The van der Waals surface area contributed by atoms with Crippen molar-refractivity contribution in [2.45, 2.75) is 34.3 Å². The van der Waals surface area contributed by atoms with Crippen molar-refractivity contribution in [3.63, 3.8) is 0 Å². The van der Waals surface area contributed by atoms with Gasteiger partial charge in [0.25, 0.3) is 0 Å². The van der Waals surface area contributed by atoms with Gasteiger partial charge in [-0.2, -0.15) is 0 Å². The van der Waals surface area contributed by atoms with E-state index in [1.165, 1.54) is 0 Å². The van der Waals surface area contributed by atoms with Crippen molar-refractivity contribution in [3.8, 4) is 0 Å². The molecule has 0 aromatic heterocycles. The van der Waals surface area contributed by atoms with Crippen LogP contribution in [0.25, 0.3) is 0 Å².